The summed E-state index contributed by atoms with van der Waals surface area (Å²) in [5, 5.41) is 27.9. The third kappa shape index (κ3) is 1.48. The Morgan fingerprint density at radius 1 is 1.63 bits per heavy atom. The van der Waals surface area contributed by atoms with Gasteiger partial charge in [-0.05, 0) is 24.0 Å². The fraction of sp³-hybridized carbons (Fsp3) is 0.417. The summed E-state index contributed by atoms with van der Waals surface area (Å²) in [4.78, 5) is 11.3. The van der Waals surface area contributed by atoms with Crippen LogP contribution < -0.4 is 9.39 Å². The molecule has 1 heterocycles. The fourth-order valence-electron chi connectivity index (χ4n) is 2.85. The normalized spacial score (nSPS) is 27.1. The van der Waals surface area contributed by atoms with Gasteiger partial charge in [-0.3, -0.25) is 0 Å². The highest BCUT2D eigenvalue weighted by atomic mass is 16.5. The molecule has 1 aliphatic heterocycles. The molecular formula is C12H13BO6. The molecule has 2 atom stereocenters. The number of hydrogen-bond acceptors (Lipinski definition) is 5. The first kappa shape index (κ1) is 12.3. The minimum absolute atomic E-state index is 0.0692. The van der Waals surface area contributed by atoms with Gasteiger partial charge in [0.25, 0.3) is 0 Å². The lowest BCUT2D eigenvalue weighted by molar-refractivity contribution is 0.0690. The van der Waals surface area contributed by atoms with Crippen molar-refractivity contribution in [3.8, 4) is 11.5 Å². The average Bonchev–Trinajstić information content (AvgIpc) is 3.14. The molecule has 1 aromatic carbocycles. The smallest absolute Gasteiger partial charge is 0.532 e. The molecule has 2 aliphatic rings. The third-order valence-corrected chi connectivity index (χ3v) is 4.09. The van der Waals surface area contributed by atoms with Crippen LogP contribution in [0.15, 0.2) is 12.1 Å². The molecule has 1 fully saturated rings. The first-order valence-electron chi connectivity index (χ1n) is 5.95. The highest BCUT2D eigenvalue weighted by Crippen LogP contribution is 2.71. The van der Waals surface area contributed by atoms with Crippen molar-refractivity contribution < 1.29 is 29.4 Å². The fourth-order valence-corrected chi connectivity index (χ4v) is 2.85. The molecule has 0 radical (unpaired) electrons. The Kier molecular flexibility index (Phi) is 2.52. The lowest BCUT2D eigenvalue weighted by Gasteiger charge is -2.27. The second-order valence-corrected chi connectivity index (χ2v) is 4.98. The molecule has 7 heteroatoms. The van der Waals surface area contributed by atoms with Crippen molar-refractivity contribution in [2.75, 3.05) is 13.7 Å². The van der Waals surface area contributed by atoms with Crippen LogP contribution in [0.1, 0.15) is 28.3 Å². The van der Waals surface area contributed by atoms with Crippen LogP contribution in [0.3, 0.4) is 0 Å². The number of hydrogen-bond donors (Lipinski definition) is 3. The molecule has 19 heavy (non-hydrogen) atoms. The number of methoxy groups -OCH3 is 1. The van der Waals surface area contributed by atoms with Gasteiger partial charge >= 0.3 is 13.1 Å². The molecule has 100 valence electrons. The summed E-state index contributed by atoms with van der Waals surface area (Å²) in [6.45, 7) is -0.188. The highest BCUT2D eigenvalue weighted by Gasteiger charge is 2.67. The zero-order valence-corrected chi connectivity index (χ0v) is 10.3. The van der Waals surface area contributed by atoms with Crippen molar-refractivity contribution in [2.45, 2.75) is 17.7 Å². The Bertz CT molecular complexity index is 559. The first-order chi connectivity index (χ1) is 9.05. The summed E-state index contributed by atoms with van der Waals surface area (Å²) in [6, 6.07) is 3.30. The van der Waals surface area contributed by atoms with Crippen molar-refractivity contribution >= 4 is 13.1 Å². The van der Waals surface area contributed by atoms with E-state index in [9.17, 15) is 20.0 Å². The maximum Gasteiger partial charge on any atom is 0.532 e. The zero-order chi connectivity index (χ0) is 13.8. The van der Waals surface area contributed by atoms with E-state index < -0.39 is 18.4 Å². The highest BCUT2D eigenvalue weighted by molar-refractivity contribution is 6.51. The molecule has 1 saturated carbocycles. The SMILES string of the molecule is COc1ccc2c(c1C(=O)O)OB(O)C1(CO)CC21. The summed E-state index contributed by atoms with van der Waals surface area (Å²) >= 11 is 0. The number of ether oxygens (including phenoxy) is 1. The summed E-state index contributed by atoms with van der Waals surface area (Å²) in [5.74, 6) is -0.903. The third-order valence-electron chi connectivity index (χ3n) is 4.09. The summed E-state index contributed by atoms with van der Waals surface area (Å²) in [7, 11) is 0.183. The van der Waals surface area contributed by atoms with Gasteiger partial charge < -0.3 is 24.6 Å². The number of carboxylic acids is 1. The van der Waals surface area contributed by atoms with Gasteiger partial charge in [-0.15, -0.1) is 0 Å². The van der Waals surface area contributed by atoms with Crippen LogP contribution >= 0.6 is 0 Å². The Balaban J connectivity index is 2.15. The van der Waals surface area contributed by atoms with Gasteiger partial charge in [-0.25, -0.2) is 4.79 Å². The van der Waals surface area contributed by atoms with E-state index in [1.165, 1.54) is 7.11 Å². The number of aliphatic hydroxyl groups is 1. The molecule has 3 N–H and O–H groups in total. The Morgan fingerprint density at radius 2 is 2.37 bits per heavy atom. The van der Waals surface area contributed by atoms with Gasteiger partial charge in [-0.1, -0.05) is 6.07 Å². The van der Waals surface area contributed by atoms with Gasteiger partial charge in [0.2, 0.25) is 0 Å². The number of rotatable bonds is 3. The van der Waals surface area contributed by atoms with Crippen LogP contribution in [0.25, 0.3) is 0 Å². The minimum Gasteiger partial charge on any atom is -0.535 e. The van der Waals surface area contributed by atoms with E-state index in [0.29, 0.717) is 12.0 Å². The maximum atomic E-state index is 11.3. The van der Waals surface area contributed by atoms with E-state index in [1.54, 1.807) is 12.1 Å². The molecule has 2 unspecified atom stereocenters. The van der Waals surface area contributed by atoms with Crippen LogP contribution in [0.2, 0.25) is 5.31 Å². The molecular weight excluding hydrogens is 251 g/mol. The Hall–Kier alpha value is -1.73. The molecule has 1 aliphatic carbocycles. The topological polar surface area (TPSA) is 96.2 Å². The standard InChI is InChI=1S/C12H13BO6/c1-18-8-3-2-6-7-4-12(7,5-14)13(17)19-10(6)9(8)11(15)16/h2-3,7,14,17H,4-5H2,1H3,(H,15,16). The number of carbonyl (C=O) groups is 1. The van der Waals surface area contributed by atoms with Crippen molar-refractivity contribution in [3.05, 3.63) is 23.3 Å². The molecule has 6 nitrogen and oxygen atoms in total. The van der Waals surface area contributed by atoms with Crippen LogP contribution in [-0.4, -0.2) is 42.0 Å². The first-order valence-corrected chi connectivity index (χ1v) is 5.95. The van der Waals surface area contributed by atoms with Crippen LogP contribution in [0.4, 0.5) is 0 Å². The second kappa shape index (κ2) is 3.88. The van der Waals surface area contributed by atoms with E-state index >= 15 is 0 Å². The predicted molar refractivity (Wildman–Crippen MR) is 65.7 cm³/mol. The van der Waals surface area contributed by atoms with Crippen molar-refractivity contribution in [1.29, 1.82) is 0 Å². The van der Waals surface area contributed by atoms with Gasteiger partial charge in [0, 0.05) is 11.9 Å². The number of carboxylic acid groups (broad SMARTS) is 1. The molecule has 1 aromatic rings. The largest absolute Gasteiger partial charge is 0.535 e. The lowest BCUT2D eigenvalue weighted by Crippen LogP contribution is -2.36. The van der Waals surface area contributed by atoms with Crippen LogP contribution in [0.5, 0.6) is 11.5 Å². The van der Waals surface area contributed by atoms with Crippen molar-refractivity contribution in [3.63, 3.8) is 0 Å². The summed E-state index contributed by atoms with van der Waals surface area (Å²) < 4.78 is 10.4. The van der Waals surface area contributed by atoms with Crippen LogP contribution in [0, 0.1) is 0 Å². The molecule has 0 aromatic heterocycles. The number of aromatic carboxylic acids is 1. The van der Waals surface area contributed by atoms with E-state index in [-0.39, 0.29) is 29.6 Å². The average molecular weight is 264 g/mol. The van der Waals surface area contributed by atoms with Crippen molar-refractivity contribution in [2.24, 2.45) is 0 Å². The summed E-state index contributed by atoms with van der Waals surface area (Å²) in [6.07, 6.45) is 0.586. The number of aliphatic hydroxyl groups excluding tert-OH is 1. The second-order valence-electron chi connectivity index (χ2n) is 4.98. The maximum absolute atomic E-state index is 11.3. The van der Waals surface area contributed by atoms with Gasteiger partial charge in [-0.2, -0.15) is 0 Å². The van der Waals surface area contributed by atoms with E-state index in [4.69, 9.17) is 9.39 Å². The lowest BCUT2D eigenvalue weighted by atomic mass is 9.64. The number of benzene rings is 1. The molecule has 0 saturated heterocycles. The van der Waals surface area contributed by atoms with E-state index in [1.807, 2.05) is 0 Å². The monoisotopic (exact) mass is 264 g/mol. The Labute approximate surface area is 109 Å². The summed E-state index contributed by atoms with van der Waals surface area (Å²) in [5.41, 5.74) is 0.620. The number of fused-ring (bicyclic) bond motifs is 3. The van der Waals surface area contributed by atoms with Crippen molar-refractivity contribution in [1.82, 2.24) is 0 Å². The van der Waals surface area contributed by atoms with Gasteiger partial charge in [0.05, 0.1) is 7.11 Å². The van der Waals surface area contributed by atoms with Gasteiger partial charge in [0.15, 0.2) is 0 Å². The molecule has 3 rings (SSSR count). The van der Waals surface area contributed by atoms with Crippen LogP contribution in [-0.2, 0) is 0 Å². The molecule has 0 bridgehead atoms. The minimum atomic E-state index is -1.19. The molecule has 0 spiro atoms. The Morgan fingerprint density at radius 3 is 2.95 bits per heavy atom. The molecule has 0 amide bonds. The quantitative estimate of drug-likeness (QED) is 0.687. The zero-order valence-electron chi connectivity index (χ0n) is 10.3. The van der Waals surface area contributed by atoms with E-state index in [0.717, 1.165) is 0 Å². The van der Waals surface area contributed by atoms with Gasteiger partial charge in [0.1, 0.15) is 17.1 Å². The van der Waals surface area contributed by atoms with E-state index in [2.05, 4.69) is 0 Å². The predicted octanol–water partition coefficient (Wildman–Crippen LogP) is 0.486.